The van der Waals surface area contributed by atoms with Gasteiger partial charge in [-0.1, -0.05) is 20.8 Å². The fourth-order valence-corrected chi connectivity index (χ4v) is 4.98. The van der Waals surface area contributed by atoms with Crippen LogP contribution in [0.1, 0.15) is 60.8 Å². The van der Waals surface area contributed by atoms with Gasteiger partial charge < -0.3 is 34.0 Å². The molecular formula is C22H38O7. The lowest BCUT2D eigenvalue weighted by Crippen LogP contribution is -2.57. The van der Waals surface area contributed by atoms with Crippen molar-refractivity contribution in [3.05, 3.63) is 0 Å². The summed E-state index contributed by atoms with van der Waals surface area (Å²) in [6, 6.07) is 0. The standard InChI is InChI=1S/C22H38O7/c1-7-18-14(5)20(26)17(9-12(3)25)22(28-18)29-21-13(4)16(8-11(2)24)15(6)27-19(21)10-23/h13-23,26H,7-10H2,1-6H3/t13-,14-,15+,16?,17?,18?,19?,20+,21+,22+/m1/s1. The molecule has 7 heteroatoms. The summed E-state index contributed by atoms with van der Waals surface area (Å²) in [4.78, 5) is 23.6. The van der Waals surface area contributed by atoms with Crippen molar-refractivity contribution in [2.75, 3.05) is 6.61 Å². The smallest absolute Gasteiger partial charge is 0.164 e. The Hall–Kier alpha value is -0.860. The average molecular weight is 415 g/mol. The molecule has 2 fully saturated rings. The monoisotopic (exact) mass is 414 g/mol. The number of ether oxygens (including phenoxy) is 3. The Labute approximate surface area is 174 Å². The Balaban J connectivity index is 2.26. The first kappa shape index (κ1) is 24.4. The number of aliphatic hydroxyl groups excluding tert-OH is 2. The van der Waals surface area contributed by atoms with Crippen molar-refractivity contribution >= 4 is 11.6 Å². The Morgan fingerprint density at radius 3 is 2.03 bits per heavy atom. The van der Waals surface area contributed by atoms with Gasteiger partial charge in [-0.3, -0.25) is 0 Å². The third-order valence-electron chi connectivity index (χ3n) is 6.69. The molecule has 0 radical (unpaired) electrons. The van der Waals surface area contributed by atoms with Gasteiger partial charge in [0.1, 0.15) is 17.7 Å². The third-order valence-corrected chi connectivity index (χ3v) is 6.69. The van der Waals surface area contributed by atoms with Crippen LogP contribution in [0.15, 0.2) is 0 Å². The molecule has 0 saturated carbocycles. The molecule has 2 heterocycles. The van der Waals surface area contributed by atoms with Gasteiger partial charge in [0.05, 0.1) is 31.0 Å². The van der Waals surface area contributed by atoms with Crippen LogP contribution in [0, 0.1) is 23.7 Å². The van der Waals surface area contributed by atoms with E-state index < -0.39 is 30.5 Å². The van der Waals surface area contributed by atoms with Crippen molar-refractivity contribution in [2.24, 2.45) is 23.7 Å². The molecule has 0 aliphatic carbocycles. The first-order chi connectivity index (χ1) is 13.6. The highest BCUT2D eigenvalue weighted by Crippen LogP contribution is 2.40. The van der Waals surface area contributed by atoms with E-state index in [9.17, 15) is 19.8 Å². The predicted octanol–water partition coefficient (Wildman–Crippen LogP) is 2.11. The molecule has 0 bridgehead atoms. The first-order valence-corrected chi connectivity index (χ1v) is 10.8. The number of Topliss-reactive ketones (excluding diaryl/α,β-unsaturated/α-hetero) is 2. The van der Waals surface area contributed by atoms with Gasteiger partial charge in [0.15, 0.2) is 6.29 Å². The fourth-order valence-electron chi connectivity index (χ4n) is 4.98. The lowest BCUT2D eigenvalue weighted by Gasteiger charge is -2.49. The number of rotatable bonds is 8. The molecule has 0 aromatic rings. The van der Waals surface area contributed by atoms with Gasteiger partial charge in [0.25, 0.3) is 0 Å². The van der Waals surface area contributed by atoms with Crippen LogP contribution in [0.5, 0.6) is 0 Å². The van der Waals surface area contributed by atoms with Crippen LogP contribution in [-0.4, -0.2) is 65.2 Å². The fraction of sp³-hybridized carbons (Fsp3) is 0.909. The predicted molar refractivity (Wildman–Crippen MR) is 107 cm³/mol. The van der Waals surface area contributed by atoms with Crippen LogP contribution >= 0.6 is 0 Å². The van der Waals surface area contributed by atoms with Crippen LogP contribution in [0.3, 0.4) is 0 Å². The highest BCUT2D eigenvalue weighted by atomic mass is 16.7. The molecule has 7 nitrogen and oxygen atoms in total. The highest BCUT2D eigenvalue weighted by Gasteiger charge is 2.48. The lowest BCUT2D eigenvalue weighted by molar-refractivity contribution is -0.311. The Kier molecular flexibility index (Phi) is 8.79. The van der Waals surface area contributed by atoms with E-state index in [1.807, 2.05) is 27.7 Å². The van der Waals surface area contributed by atoms with Gasteiger partial charge >= 0.3 is 0 Å². The zero-order valence-corrected chi connectivity index (χ0v) is 18.5. The molecule has 0 spiro atoms. The van der Waals surface area contributed by atoms with E-state index >= 15 is 0 Å². The van der Waals surface area contributed by atoms with Crippen molar-refractivity contribution in [3.63, 3.8) is 0 Å². The number of ketones is 2. The van der Waals surface area contributed by atoms with Gasteiger partial charge in [-0.2, -0.15) is 0 Å². The van der Waals surface area contributed by atoms with E-state index in [2.05, 4.69) is 0 Å². The van der Waals surface area contributed by atoms with Crippen molar-refractivity contribution in [3.8, 4) is 0 Å². The number of carbonyl (C=O) groups is 2. The molecule has 2 aliphatic heterocycles. The Morgan fingerprint density at radius 2 is 1.52 bits per heavy atom. The minimum Gasteiger partial charge on any atom is -0.394 e. The summed E-state index contributed by atoms with van der Waals surface area (Å²) in [5.74, 6) is -0.648. The van der Waals surface area contributed by atoms with Crippen LogP contribution in [-0.2, 0) is 23.8 Å². The molecule has 168 valence electrons. The van der Waals surface area contributed by atoms with Gasteiger partial charge in [-0.05, 0) is 39.0 Å². The number of aliphatic hydroxyl groups is 2. The summed E-state index contributed by atoms with van der Waals surface area (Å²) >= 11 is 0. The minimum absolute atomic E-state index is 0.0388. The second-order valence-corrected chi connectivity index (χ2v) is 8.96. The van der Waals surface area contributed by atoms with E-state index in [1.165, 1.54) is 6.92 Å². The zero-order chi connectivity index (χ0) is 21.9. The van der Waals surface area contributed by atoms with Crippen LogP contribution in [0.4, 0.5) is 0 Å². The first-order valence-electron chi connectivity index (χ1n) is 10.8. The number of hydrogen-bond acceptors (Lipinski definition) is 7. The maximum atomic E-state index is 11.8. The molecular weight excluding hydrogens is 376 g/mol. The molecule has 2 rings (SSSR count). The van der Waals surface area contributed by atoms with Crippen LogP contribution in [0.25, 0.3) is 0 Å². The summed E-state index contributed by atoms with van der Waals surface area (Å²) in [6.07, 6.45) is -1.66. The van der Waals surface area contributed by atoms with E-state index in [0.717, 1.165) is 6.42 Å². The normalized spacial score (nSPS) is 43.2. The summed E-state index contributed by atoms with van der Waals surface area (Å²) in [5, 5.41) is 20.7. The molecule has 2 saturated heterocycles. The van der Waals surface area contributed by atoms with Gasteiger partial charge in [-0.15, -0.1) is 0 Å². The second kappa shape index (κ2) is 10.4. The minimum atomic E-state index is -0.772. The van der Waals surface area contributed by atoms with E-state index in [4.69, 9.17) is 14.2 Å². The quantitative estimate of drug-likeness (QED) is 0.627. The molecule has 4 unspecified atom stereocenters. The van der Waals surface area contributed by atoms with Crippen molar-refractivity contribution in [1.82, 2.24) is 0 Å². The highest BCUT2D eigenvalue weighted by molar-refractivity contribution is 5.76. The van der Waals surface area contributed by atoms with Crippen molar-refractivity contribution < 1.29 is 34.0 Å². The van der Waals surface area contributed by atoms with Gasteiger partial charge in [-0.25, -0.2) is 0 Å². The van der Waals surface area contributed by atoms with E-state index in [0.29, 0.717) is 6.42 Å². The maximum absolute atomic E-state index is 11.8. The van der Waals surface area contributed by atoms with Gasteiger partial charge in [0, 0.05) is 24.7 Å². The van der Waals surface area contributed by atoms with Crippen LogP contribution in [0.2, 0.25) is 0 Å². The van der Waals surface area contributed by atoms with E-state index in [-0.39, 0.29) is 54.6 Å². The Bertz CT molecular complexity index is 565. The third kappa shape index (κ3) is 5.64. The largest absolute Gasteiger partial charge is 0.394 e. The molecule has 2 aliphatic rings. The van der Waals surface area contributed by atoms with Crippen molar-refractivity contribution in [2.45, 2.75) is 97.6 Å². The molecule has 0 amide bonds. The summed E-state index contributed by atoms with van der Waals surface area (Å²) in [5.41, 5.74) is 0. The number of hydrogen-bond donors (Lipinski definition) is 2. The van der Waals surface area contributed by atoms with Gasteiger partial charge in [0.2, 0.25) is 0 Å². The Morgan fingerprint density at radius 1 is 0.931 bits per heavy atom. The second-order valence-electron chi connectivity index (χ2n) is 8.96. The topological polar surface area (TPSA) is 102 Å². The maximum Gasteiger partial charge on any atom is 0.164 e. The summed E-state index contributed by atoms with van der Waals surface area (Å²) in [6.45, 7) is 10.7. The average Bonchev–Trinajstić information content (AvgIpc) is 2.65. The molecule has 0 aromatic carbocycles. The summed E-state index contributed by atoms with van der Waals surface area (Å²) < 4.78 is 18.5. The molecule has 29 heavy (non-hydrogen) atoms. The molecule has 10 atom stereocenters. The summed E-state index contributed by atoms with van der Waals surface area (Å²) in [7, 11) is 0. The van der Waals surface area contributed by atoms with Crippen molar-refractivity contribution in [1.29, 1.82) is 0 Å². The SMILES string of the molecule is CCC1O[C@@H](O[C@@H]2C(CO)O[C@@H](C)C(CC(C)=O)[C@H]2C)C(CC(C)=O)[C@@H](O)[C@@H]1C. The zero-order valence-electron chi connectivity index (χ0n) is 18.5. The van der Waals surface area contributed by atoms with Crippen LogP contribution < -0.4 is 0 Å². The van der Waals surface area contributed by atoms with E-state index in [1.54, 1.807) is 6.92 Å². The molecule has 0 aromatic heterocycles. The number of carbonyl (C=O) groups excluding carboxylic acids is 2. The molecule has 2 N–H and O–H groups in total. The lowest BCUT2D eigenvalue weighted by atomic mass is 9.77.